The summed E-state index contributed by atoms with van der Waals surface area (Å²) in [5.41, 5.74) is 0. The van der Waals surface area contributed by atoms with Crippen LogP contribution >= 0.6 is 0 Å². The molecule has 122 valence electrons. The van der Waals surface area contributed by atoms with Crippen LogP contribution in [-0.2, 0) is 4.79 Å². The van der Waals surface area contributed by atoms with Crippen LogP contribution in [0.1, 0.15) is 39.5 Å². The van der Waals surface area contributed by atoms with Gasteiger partial charge in [0.2, 0.25) is 0 Å². The van der Waals surface area contributed by atoms with Gasteiger partial charge >= 0.3 is 12.0 Å². The van der Waals surface area contributed by atoms with E-state index in [1.165, 1.54) is 25.9 Å². The third-order valence-electron chi connectivity index (χ3n) is 3.90. The Kier molecular flexibility index (Phi) is 8.12. The Morgan fingerprint density at radius 1 is 1.19 bits per heavy atom. The van der Waals surface area contributed by atoms with E-state index in [0.717, 1.165) is 6.54 Å². The van der Waals surface area contributed by atoms with Gasteiger partial charge < -0.3 is 20.6 Å². The highest BCUT2D eigenvalue weighted by Crippen LogP contribution is 2.09. The number of rotatable bonds is 9. The molecular formula is C15H29N3O3. The van der Waals surface area contributed by atoms with E-state index >= 15 is 0 Å². The zero-order valence-electron chi connectivity index (χ0n) is 13.2. The van der Waals surface area contributed by atoms with E-state index in [4.69, 9.17) is 5.11 Å². The van der Waals surface area contributed by atoms with Gasteiger partial charge in [0, 0.05) is 19.6 Å². The molecule has 0 aliphatic carbocycles. The molecule has 3 N–H and O–H groups in total. The lowest BCUT2D eigenvalue weighted by Crippen LogP contribution is -2.40. The zero-order valence-corrected chi connectivity index (χ0v) is 13.2. The minimum atomic E-state index is -0.782. The number of hydrogen-bond acceptors (Lipinski definition) is 3. The lowest BCUT2D eigenvalue weighted by molar-refractivity contribution is -0.141. The van der Waals surface area contributed by atoms with Crippen molar-refractivity contribution in [2.24, 2.45) is 11.8 Å². The van der Waals surface area contributed by atoms with Crippen LogP contribution in [0.3, 0.4) is 0 Å². The standard InChI is InChI=1S/C15H29N3O3/c1-12(11-18-8-3-4-9-18)10-17-15(21)16-7-5-6-13(2)14(19)20/h12-13H,3-11H2,1-2H3,(H,19,20)(H2,16,17,21). The molecule has 1 aliphatic heterocycles. The largest absolute Gasteiger partial charge is 0.481 e. The average molecular weight is 299 g/mol. The van der Waals surface area contributed by atoms with E-state index in [-0.39, 0.29) is 11.9 Å². The van der Waals surface area contributed by atoms with Crippen molar-refractivity contribution in [1.29, 1.82) is 0 Å². The summed E-state index contributed by atoms with van der Waals surface area (Å²) in [5.74, 6) is -0.689. The number of aliphatic carboxylic acids is 1. The van der Waals surface area contributed by atoms with Crippen LogP contribution in [0, 0.1) is 11.8 Å². The number of carboxylic acids is 1. The van der Waals surface area contributed by atoms with E-state index in [1.54, 1.807) is 6.92 Å². The van der Waals surface area contributed by atoms with Crippen LogP contribution in [0.2, 0.25) is 0 Å². The van der Waals surface area contributed by atoms with Gasteiger partial charge in [-0.05, 0) is 44.7 Å². The highest BCUT2D eigenvalue weighted by molar-refractivity contribution is 5.73. The van der Waals surface area contributed by atoms with Gasteiger partial charge in [0.25, 0.3) is 0 Å². The first-order chi connectivity index (χ1) is 9.99. The molecule has 0 bridgehead atoms. The fraction of sp³-hybridized carbons (Fsp3) is 0.867. The Morgan fingerprint density at radius 2 is 1.86 bits per heavy atom. The summed E-state index contributed by atoms with van der Waals surface area (Å²) in [6.07, 6.45) is 3.84. The molecule has 0 aromatic heterocycles. The minimum absolute atomic E-state index is 0.161. The van der Waals surface area contributed by atoms with Crippen LogP contribution < -0.4 is 10.6 Å². The molecule has 1 fully saturated rings. The average Bonchev–Trinajstić information content (AvgIpc) is 2.93. The van der Waals surface area contributed by atoms with Crippen molar-refractivity contribution in [1.82, 2.24) is 15.5 Å². The van der Waals surface area contributed by atoms with Gasteiger partial charge in [0.15, 0.2) is 0 Å². The number of hydrogen-bond donors (Lipinski definition) is 3. The molecule has 0 spiro atoms. The molecule has 2 unspecified atom stereocenters. The molecule has 6 nitrogen and oxygen atoms in total. The van der Waals surface area contributed by atoms with E-state index in [1.807, 2.05) is 0 Å². The molecule has 21 heavy (non-hydrogen) atoms. The van der Waals surface area contributed by atoms with Gasteiger partial charge in [-0.25, -0.2) is 4.79 Å². The van der Waals surface area contributed by atoms with Crippen molar-refractivity contribution in [2.75, 3.05) is 32.7 Å². The second kappa shape index (κ2) is 9.60. The van der Waals surface area contributed by atoms with Gasteiger partial charge in [-0.15, -0.1) is 0 Å². The van der Waals surface area contributed by atoms with E-state index in [2.05, 4.69) is 22.5 Å². The van der Waals surface area contributed by atoms with Crippen LogP contribution in [0.5, 0.6) is 0 Å². The fourth-order valence-corrected chi connectivity index (χ4v) is 2.53. The summed E-state index contributed by atoms with van der Waals surface area (Å²) >= 11 is 0. The Morgan fingerprint density at radius 3 is 2.48 bits per heavy atom. The van der Waals surface area contributed by atoms with Crippen molar-refractivity contribution in [3.8, 4) is 0 Å². The number of nitrogens with zero attached hydrogens (tertiary/aromatic N) is 1. The fourth-order valence-electron chi connectivity index (χ4n) is 2.53. The van der Waals surface area contributed by atoms with E-state index in [9.17, 15) is 9.59 Å². The molecule has 0 radical (unpaired) electrons. The molecule has 1 saturated heterocycles. The summed E-state index contributed by atoms with van der Waals surface area (Å²) in [5, 5.41) is 14.4. The van der Waals surface area contributed by atoms with Gasteiger partial charge in [0.05, 0.1) is 5.92 Å². The molecule has 6 heteroatoms. The summed E-state index contributed by atoms with van der Waals surface area (Å²) in [7, 11) is 0. The maximum absolute atomic E-state index is 11.6. The van der Waals surface area contributed by atoms with Crippen LogP contribution in [-0.4, -0.2) is 54.7 Å². The molecule has 2 amide bonds. The maximum atomic E-state index is 11.6. The lowest BCUT2D eigenvalue weighted by Gasteiger charge is -2.20. The molecule has 1 aliphatic rings. The summed E-state index contributed by atoms with van der Waals surface area (Å²) in [4.78, 5) is 24.7. The third-order valence-corrected chi connectivity index (χ3v) is 3.90. The first kappa shape index (κ1) is 17.8. The second-order valence-corrected chi connectivity index (χ2v) is 6.13. The Bertz CT molecular complexity index is 330. The van der Waals surface area contributed by atoms with Crippen LogP contribution in [0.4, 0.5) is 4.79 Å². The van der Waals surface area contributed by atoms with Crippen molar-refractivity contribution < 1.29 is 14.7 Å². The van der Waals surface area contributed by atoms with Gasteiger partial charge in [-0.1, -0.05) is 13.8 Å². The highest BCUT2D eigenvalue weighted by Gasteiger charge is 2.15. The minimum Gasteiger partial charge on any atom is -0.481 e. The van der Waals surface area contributed by atoms with Gasteiger partial charge in [0.1, 0.15) is 0 Å². The first-order valence-corrected chi connectivity index (χ1v) is 7.96. The van der Waals surface area contributed by atoms with E-state index < -0.39 is 5.97 Å². The summed E-state index contributed by atoms with van der Waals surface area (Å²) < 4.78 is 0. The molecule has 2 atom stereocenters. The number of nitrogens with one attached hydrogen (secondary N) is 2. The lowest BCUT2D eigenvalue weighted by atomic mass is 10.1. The molecular weight excluding hydrogens is 270 g/mol. The SMILES string of the molecule is CC(CNC(=O)NCCCC(C)C(=O)O)CN1CCCC1. The number of carboxylic acid groups (broad SMARTS) is 1. The molecule has 1 rings (SSSR count). The Balaban J connectivity index is 2.01. The molecule has 0 aromatic carbocycles. The molecule has 0 aromatic rings. The first-order valence-electron chi connectivity index (χ1n) is 7.96. The molecule has 1 heterocycles. The van der Waals surface area contributed by atoms with Crippen LogP contribution in [0.25, 0.3) is 0 Å². The second-order valence-electron chi connectivity index (χ2n) is 6.13. The maximum Gasteiger partial charge on any atom is 0.314 e. The Labute approximate surface area is 127 Å². The third kappa shape index (κ3) is 7.90. The van der Waals surface area contributed by atoms with Crippen molar-refractivity contribution in [2.45, 2.75) is 39.5 Å². The highest BCUT2D eigenvalue weighted by atomic mass is 16.4. The number of carbonyl (C=O) groups excluding carboxylic acids is 1. The number of urea groups is 1. The smallest absolute Gasteiger partial charge is 0.314 e. The van der Waals surface area contributed by atoms with Crippen molar-refractivity contribution in [3.63, 3.8) is 0 Å². The monoisotopic (exact) mass is 299 g/mol. The zero-order chi connectivity index (χ0) is 15.7. The number of amides is 2. The Hall–Kier alpha value is -1.30. The summed E-state index contributed by atoms with van der Waals surface area (Å²) in [6.45, 7) is 8.42. The molecule has 0 saturated carbocycles. The number of carbonyl (C=O) groups is 2. The van der Waals surface area contributed by atoms with Crippen LogP contribution in [0.15, 0.2) is 0 Å². The van der Waals surface area contributed by atoms with Gasteiger partial charge in [-0.3, -0.25) is 4.79 Å². The quantitative estimate of drug-likeness (QED) is 0.564. The topological polar surface area (TPSA) is 81.7 Å². The van der Waals surface area contributed by atoms with E-state index in [0.29, 0.717) is 31.8 Å². The van der Waals surface area contributed by atoms with Crippen molar-refractivity contribution >= 4 is 12.0 Å². The predicted molar refractivity (Wildman–Crippen MR) is 82.3 cm³/mol. The predicted octanol–water partition coefficient (Wildman–Crippen LogP) is 1.52. The number of likely N-dealkylation sites (tertiary alicyclic amines) is 1. The normalized spacial score (nSPS) is 18.2. The van der Waals surface area contributed by atoms with Gasteiger partial charge in [-0.2, -0.15) is 0 Å². The van der Waals surface area contributed by atoms with Crippen molar-refractivity contribution in [3.05, 3.63) is 0 Å². The summed E-state index contributed by atoms with van der Waals surface area (Å²) in [6, 6.07) is -0.161.